The topological polar surface area (TPSA) is 68.0 Å². The molecule has 0 aliphatic rings. The molecule has 0 radical (unpaired) electrons. The molecule has 5 aromatic rings. The lowest BCUT2D eigenvalue weighted by Gasteiger charge is -2.10. The summed E-state index contributed by atoms with van der Waals surface area (Å²) in [6, 6.07) is 19.9. The van der Waals surface area contributed by atoms with E-state index in [0.29, 0.717) is 29.4 Å². The van der Waals surface area contributed by atoms with Crippen LogP contribution in [0.1, 0.15) is 5.69 Å². The second-order valence-corrected chi connectivity index (χ2v) is 6.34. The molecule has 0 saturated heterocycles. The SMILES string of the molecule is Fc1cccc(-c2nnc3c4ccccc4c(NCc4ccccn4)nn23)c1. The molecule has 0 saturated carbocycles. The Bertz CT molecular complexity index is 1280. The molecule has 0 spiro atoms. The number of nitrogens with one attached hydrogen (secondary N) is 1. The van der Waals surface area contributed by atoms with Crippen LogP contribution in [0.25, 0.3) is 27.8 Å². The molecule has 7 heteroatoms. The number of rotatable bonds is 4. The van der Waals surface area contributed by atoms with Gasteiger partial charge in [0.15, 0.2) is 17.3 Å². The smallest absolute Gasteiger partial charge is 0.186 e. The molecule has 3 aromatic heterocycles. The summed E-state index contributed by atoms with van der Waals surface area (Å²) in [4.78, 5) is 4.34. The van der Waals surface area contributed by atoms with E-state index in [2.05, 4.69) is 20.5 Å². The highest BCUT2D eigenvalue weighted by molar-refractivity contribution is 6.00. The third-order valence-electron chi connectivity index (χ3n) is 4.51. The van der Waals surface area contributed by atoms with Crippen LogP contribution in [0.4, 0.5) is 10.2 Å². The molecule has 0 aliphatic heterocycles. The summed E-state index contributed by atoms with van der Waals surface area (Å²) in [7, 11) is 0. The second kappa shape index (κ2) is 6.70. The first-order valence-corrected chi connectivity index (χ1v) is 8.83. The lowest BCUT2D eigenvalue weighted by Crippen LogP contribution is -2.07. The maximum Gasteiger partial charge on any atom is 0.186 e. The van der Waals surface area contributed by atoms with Crippen molar-refractivity contribution in [2.45, 2.75) is 6.54 Å². The van der Waals surface area contributed by atoms with E-state index < -0.39 is 0 Å². The minimum absolute atomic E-state index is 0.330. The van der Waals surface area contributed by atoms with E-state index in [1.165, 1.54) is 12.1 Å². The number of benzene rings is 2. The maximum absolute atomic E-state index is 13.7. The number of nitrogens with zero attached hydrogens (tertiary/aromatic N) is 5. The number of aromatic nitrogens is 5. The van der Waals surface area contributed by atoms with E-state index >= 15 is 0 Å². The monoisotopic (exact) mass is 370 g/mol. The van der Waals surface area contributed by atoms with E-state index in [-0.39, 0.29) is 5.82 Å². The number of pyridine rings is 1. The predicted octanol–water partition coefficient (Wildman–Crippen LogP) is 4.09. The van der Waals surface area contributed by atoms with Crippen molar-refractivity contribution < 1.29 is 4.39 Å². The zero-order valence-electron chi connectivity index (χ0n) is 14.7. The lowest BCUT2D eigenvalue weighted by molar-refractivity contribution is 0.628. The van der Waals surface area contributed by atoms with Crippen LogP contribution < -0.4 is 5.32 Å². The molecule has 3 heterocycles. The first-order valence-electron chi connectivity index (χ1n) is 8.83. The van der Waals surface area contributed by atoms with Crippen LogP contribution in [0.2, 0.25) is 0 Å². The molecule has 0 bridgehead atoms. The van der Waals surface area contributed by atoms with Gasteiger partial charge in [0.1, 0.15) is 5.82 Å². The largest absolute Gasteiger partial charge is 0.362 e. The Hall–Kier alpha value is -3.87. The van der Waals surface area contributed by atoms with Crippen LogP contribution in [-0.2, 0) is 6.54 Å². The zero-order valence-corrected chi connectivity index (χ0v) is 14.7. The van der Waals surface area contributed by atoms with Crippen LogP contribution >= 0.6 is 0 Å². The quantitative estimate of drug-likeness (QED) is 0.516. The van der Waals surface area contributed by atoms with Crippen LogP contribution in [0, 0.1) is 5.82 Å². The molecule has 0 fully saturated rings. The van der Waals surface area contributed by atoms with Crippen molar-refractivity contribution in [3.63, 3.8) is 0 Å². The summed E-state index contributed by atoms with van der Waals surface area (Å²) in [5.41, 5.74) is 2.15. The zero-order chi connectivity index (χ0) is 18.9. The Morgan fingerprint density at radius 1 is 0.893 bits per heavy atom. The van der Waals surface area contributed by atoms with Crippen LogP contribution in [0.3, 0.4) is 0 Å². The number of hydrogen-bond acceptors (Lipinski definition) is 5. The van der Waals surface area contributed by atoms with Gasteiger partial charge in [0, 0.05) is 22.5 Å². The molecule has 1 N–H and O–H groups in total. The molecule has 2 aromatic carbocycles. The van der Waals surface area contributed by atoms with Crippen LogP contribution in [0.15, 0.2) is 72.9 Å². The van der Waals surface area contributed by atoms with Gasteiger partial charge in [-0.15, -0.1) is 15.3 Å². The summed E-state index contributed by atoms with van der Waals surface area (Å²) in [6.07, 6.45) is 1.76. The lowest BCUT2D eigenvalue weighted by atomic mass is 10.1. The third-order valence-corrected chi connectivity index (χ3v) is 4.51. The van der Waals surface area contributed by atoms with Gasteiger partial charge in [-0.1, -0.05) is 42.5 Å². The van der Waals surface area contributed by atoms with Crippen molar-refractivity contribution in [2.75, 3.05) is 5.32 Å². The Kier molecular flexibility index (Phi) is 3.90. The number of fused-ring (bicyclic) bond motifs is 3. The van der Waals surface area contributed by atoms with Gasteiger partial charge in [-0.25, -0.2) is 4.39 Å². The Labute approximate surface area is 159 Å². The van der Waals surface area contributed by atoms with Crippen molar-refractivity contribution in [3.05, 3.63) is 84.4 Å². The summed E-state index contributed by atoms with van der Waals surface area (Å²) in [6.45, 7) is 0.529. The van der Waals surface area contributed by atoms with Gasteiger partial charge in [-0.05, 0) is 24.3 Å². The molecule has 0 amide bonds. The van der Waals surface area contributed by atoms with E-state index in [1.807, 2.05) is 42.5 Å². The first-order chi connectivity index (χ1) is 13.8. The van der Waals surface area contributed by atoms with Gasteiger partial charge in [-0.2, -0.15) is 4.52 Å². The molecule has 0 atom stereocenters. The number of halogens is 1. The molecular weight excluding hydrogens is 355 g/mol. The molecule has 136 valence electrons. The normalized spacial score (nSPS) is 11.2. The summed E-state index contributed by atoms with van der Waals surface area (Å²) >= 11 is 0. The number of anilines is 1. The fourth-order valence-corrected chi connectivity index (χ4v) is 3.20. The summed E-state index contributed by atoms with van der Waals surface area (Å²) in [5, 5.41) is 18.5. The molecule has 5 rings (SSSR count). The van der Waals surface area contributed by atoms with E-state index in [0.717, 1.165) is 16.5 Å². The van der Waals surface area contributed by atoms with Gasteiger partial charge in [0.2, 0.25) is 0 Å². The van der Waals surface area contributed by atoms with Crippen molar-refractivity contribution in [1.29, 1.82) is 0 Å². The highest BCUT2D eigenvalue weighted by atomic mass is 19.1. The highest BCUT2D eigenvalue weighted by Gasteiger charge is 2.15. The van der Waals surface area contributed by atoms with Crippen molar-refractivity contribution >= 4 is 22.2 Å². The summed E-state index contributed by atoms with van der Waals surface area (Å²) < 4.78 is 15.4. The minimum atomic E-state index is -0.330. The molecule has 0 unspecified atom stereocenters. The van der Waals surface area contributed by atoms with Crippen molar-refractivity contribution in [2.24, 2.45) is 0 Å². The van der Waals surface area contributed by atoms with Crippen LogP contribution in [0.5, 0.6) is 0 Å². The summed E-state index contributed by atoms with van der Waals surface area (Å²) in [5.74, 6) is 0.843. The molecule has 28 heavy (non-hydrogen) atoms. The Balaban J connectivity index is 1.67. The minimum Gasteiger partial charge on any atom is -0.362 e. The van der Waals surface area contributed by atoms with Crippen LogP contribution in [-0.4, -0.2) is 24.8 Å². The predicted molar refractivity (Wildman–Crippen MR) is 105 cm³/mol. The Morgan fingerprint density at radius 2 is 1.75 bits per heavy atom. The van der Waals surface area contributed by atoms with Gasteiger partial charge in [0.25, 0.3) is 0 Å². The second-order valence-electron chi connectivity index (χ2n) is 6.34. The fourth-order valence-electron chi connectivity index (χ4n) is 3.20. The van der Waals surface area contributed by atoms with Gasteiger partial charge in [0.05, 0.1) is 12.2 Å². The van der Waals surface area contributed by atoms with E-state index in [1.54, 1.807) is 22.8 Å². The van der Waals surface area contributed by atoms with Gasteiger partial charge < -0.3 is 5.32 Å². The molecular formula is C21H15FN6. The van der Waals surface area contributed by atoms with E-state index in [9.17, 15) is 4.39 Å². The van der Waals surface area contributed by atoms with Crippen molar-refractivity contribution in [1.82, 2.24) is 24.8 Å². The standard InChI is InChI=1S/C21H15FN6/c22-15-7-5-6-14(12-15)20-25-26-21-18-10-2-1-9-17(18)19(27-28(20)21)24-13-16-8-3-4-11-23-16/h1-12H,13H2,(H,24,27). The maximum atomic E-state index is 13.7. The fraction of sp³-hybridized carbons (Fsp3) is 0.0476. The average molecular weight is 370 g/mol. The van der Waals surface area contributed by atoms with E-state index in [4.69, 9.17) is 5.10 Å². The van der Waals surface area contributed by atoms with Gasteiger partial charge in [-0.3, -0.25) is 4.98 Å². The van der Waals surface area contributed by atoms with Gasteiger partial charge >= 0.3 is 0 Å². The molecule has 6 nitrogen and oxygen atoms in total. The highest BCUT2D eigenvalue weighted by Crippen LogP contribution is 2.27. The molecule has 0 aliphatic carbocycles. The average Bonchev–Trinajstić information content (AvgIpc) is 3.17. The van der Waals surface area contributed by atoms with Crippen molar-refractivity contribution in [3.8, 4) is 11.4 Å². The first kappa shape index (κ1) is 16.3. The third kappa shape index (κ3) is 2.83. The number of hydrogen-bond donors (Lipinski definition) is 1. The Morgan fingerprint density at radius 3 is 2.57 bits per heavy atom.